The number of allylic oxidation sites excluding steroid dienone is 1. The molecule has 6 rings (SSSR count). The van der Waals surface area contributed by atoms with Crippen molar-refractivity contribution in [3.05, 3.63) is 11.6 Å². The van der Waals surface area contributed by atoms with Crippen LogP contribution in [-0.2, 0) is 47.5 Å². The number of ketones is 1. The minimum absolute atomic E-state index is 0.0375. The predicted molar refractivity (Wildman–Crippen MR) is 225 cm³/mol. The van der Waals surface area contributed by atoms with Gasteiger partial charge in [0.25, 0.3) is 0 Å². The summed E-state index contributed by atoms with van der Waals surface area (Å²) in [5.74, 6) is -8.49. The van der Waals surface area contributed by atoms with Crippen LogP contribution in [0.25, 0.3) is 0 Å². The van der Waals surface area contributed by atoms with E-state index < -0.39 is 108 Å². The normalized spacial score (nSPS) is 49.2. The molecular weight excluding hydrogens is 805 g/mol. The Morgan fingerprint density at radius 1 is 0.887 bits per heavy atom. The fourth-order valence-electron chi connectivity index (χ4n) is 11.8. The smallest absolute Gasteiger partial charge is 0.306 e. The van der Waals surface area contributed by atoms with E-state index in [0.29, 0.717) is 31.3 Å². The molecule has 15 nitrogen and oxygen atoms in total. The van der Waals surface area contributed by atoms with Crippen LogP contribution in [0.3, 0.4) is 0 Å². The molecule has 0 aromatic rings. The van der Waals surface area contributed by atoms with Crippen LogP contribution in [-0.4, -0.2) is 135 Å². The third-order valence-electron chi connectivity index (χ3n) is 16.1. The Bertz CT molecular complexity index is 1610. The lowest BCUT2D eigenvalue weighted by atomic mass is 9.76. The van der Waals surface area contributed by atoms with Crippen LogP contribution in [0.5, 0.6) is 0 Å². The molecule has 0 bridgehead atoms. The molecule has 2 spiro atoms. The lowest BCUT2D eigenvalue weighted by Crippen LogP contribution is -2.64. The first kappa shape index (κ1) is 49.8. The predicted octanol–water partition coefficient (Wildman–Crippen LogP) is 5.12. The van der Waals surface area contributed by atoms with Gasteiger partial charge in [-0.2, -0.15) is 0 Å². The number of ether oxygens (including phenoxy) is 8. The Morgan fingerprint density at radius 2 is 1.58 bits per heavy atom. The van der Waals surface area contributed by atoms with E-state index >= 15 is 0 Å². The van der Waals surface area contributed by atoms with Crippen molar-refractivity contribution in [2.75, 3.05) is 13.7 Å². The molecule has 6 heterocycles. The van der Waals surface area contributed by atoms with E-state index in [4.69, 9.17) is 37.9 Å². The highest BCUT2D eigenvalue weighted by atomic mass is 16.8. The van der Waals surface area contributed by atoms with Gasteiger partial charge >= 0.3 is 5.97 Å². The quantitative estimate of drug-likeness (QED) is 0.152. The molecule has 0 saturated carbocycles. The van der Waals surface area contributed by atoms with Crippen LogP contribution in [0.15, 0.2) is 11.6 Å². The summed E-state index contributed by atoms with van der Waals surface area (Å²) in [6, 6.07) is 0. The Hall–Kier alpha value is -1.60. The number of carboxylic acid groups (broad SMARTS) is 1. The average molecular weight is 883 g/mol. The van der Waals surface area contributed by atoms with Crippen LogP contribution >= 0.6 is 0 Å². The summed E-state index contributed by atoms with van der Waals surface area (Å²) in [4.78, 5) is 24.7. The van der Waals surface area contributed by atoms with Gasteiger partial charge in [-0.1, -0.05) is 61.5 Å². The summed E-state index contributed by atoms with van der Waals surface area (Å²) < 4.78 is 52.8. The maximum atomic E-state index is 13.3. The van der Waals surface area contributed by atoms with Crippen molar-refractivity contribution in [2.24, 2.45) is 47.3 Å². The maximum Gasteiger partial charge on any atom is 0.306 e. The average Bonchev–Trinajstić information content (AvgIpc) is 3.73. The number of aliphatic hydroxyl groups is 4. The van der Waals surface area contributed by atoms with Gasteiger partial charge < -0.3 is 63.4 Å². The number of hydrogen-bond donors (Lipinski definition) is 5. The monoisotopic (exact) mass is 883 g/mol. The van der Waals surface area contributed by atoms with E-state index in [1.807, 2.05) is 61.5 Å². The van der Waals surface area contributed by atoms with Gasteiger partial charge in [0.1, 0.15) is 0 Å². The zero-order valence-electron chi connectivity index (χ0n) is 39.2. The zero-order chi connectivity index (χ0) is 45.9. The van der Waals surface area contributed by atoms with Crippen molar-refractivity contribution in [2.45, 2.75) is 212 Å². The second-order valence-corrected chi connectivity index (χ2v) is 20.7. The van der Waals surface area contributed by atoms with Crippen LogP contribution < -0.4 is 0 Å². The van der Waals surface area contributed by atoms with E-state index in [1.54, 1.807) is 27.9 Å². The highest BCUT2D eigenvalue weighted by molar-refractivity contribution is 5.96. The Morgan fingerprint density at radius 3 is 2.21 bits per heavy atom. The van der Waals surface area contributed by atoms with Gasteiger partial charge in [-0.3, -0.25) is 9.59 Å². The number of carbonyl (C=O) groups is 2. The summed E-state index contributed by atoms with van der Waals surface area (Å²) in [6.45, 7) is 20.1. The Balaban J connectivity index is 1.17. The molecular formula is C47H78O15. The molecule has 5 N–H and O–H groups in total. The Labute approximate surface area is 368 Å². The molecule has 22 atom stereocenters. The summed E-state index contributed by atoms with van der Waals surface area (Å²) in [6.07, 6.45) is 0.302. The van der Waals surface area contributed by atoms with Gasteiger partial charge in [0, 0.05) is 74.2 Å². The summed E-state index contributed by atoms with van der Waals surface area (Å²) >= 11 is 0. The fourth-order valence-corrected chi connectivity index (χ4v) is 11.8. The molecule has 0 aliphatic carbocycles. The van der Waals surface area contributed by atoms with Crippen LogP contribution in [0.2, 0.25) is 0 Å². The molecule has 356 valence electrons. The zero-order valence-corrected chi connectivity index (χ0v) is 39.2. The number of aliphatic hydroxyl groups excluding tert-OH is 3. The summed E-state index contributed by atoms with van der Waals surface area (Å²) in [5.41, 5.74) is -0.404. The Kier molecular flexibility index (Phi) is 15.2. The minimum atomic E-state index is -1.90. The van der Waals surface area contributed by atoms with Crippen molar-refractivity contribution >= 4 is 11.8 Å². The number of carboxylic acids is 1. The SMILES string of the molecule is CO[C@H]1CC[C@H](O[C@H]2[C@H](C)[C@@H]([C@H]3C[C@H](C)[C@]4(O3)O[C@@H]([C@]3(C)CC[C@]5(C[C@H](O)[C@@H](C)[C@@H]([C@@H](C)/C=C(\C)C(=O)[C@H](C)C[C@H](C)C(=O)O)O5)O3)C[C@H](O)[C@H]4C)O[C@@](O)(CO)[C@@H]2C)O[C@@H]1C. The first-order valence-electron chi connectivity index (χ1n) is 23.3. The number of rotatable bonds is 13. The van der Waals surface area contributed by atoms with E-state index in [-0.39, 0.29) is 60.9 Å². The third-order valence-corrected chi connectivity index (χ3v) is 16.1. The van der Waals surface area contributed by atoms with Gasteiger partial charge in [-0.05, 0) is 52.0 Å². The van der Waals surface area contributed by atoms with Crippen molar-refractivity contribution in [3.8, 4) is 0 Å². The maximum absolute atomic E-state index is 13.3. The molecule has 0 unspecified atom stereocenters. The van der Waals surface area contributed by atoms with Gasteiger partial charge in [-0.25, -0.2) is 0 Å². The molecule has 0 aromatic heterocycles. The van der Waals surface area contributed by atoms with E-state index in [1.165, 1.54) is 0 Å². The molecule has 6 aliphatic heterocycles. The topological polar surface area (TPSA) is 209 Å². The molecule has 6 saturated heterocycles. The standard InChI is InChI=1S/C47H78O15/c1-23(39(51)24(2)18-26(4)43(52)53)17-25(3)40-28(6)34(50)21-45(60-40)16-15-44(11,62-45)37-20-33(49)30(8)47(59-37)27(5)19-36(58-47)42-29(7)41(31(9)46(54,22-48)61-42)57-38-14-13-35(55-12)32(10)56-38/h17,24-38,40-42,48-50,54H,13-16,18-22H2,1-12H3,(H,52,53)/b23-17+/t24-,25+,26+,27+,28-,29+,30-,31-,32-,33+,34+,35+,36-,37-,38+,40-,41+,42+,44+,45-,46+,47+/m1/s1. The van der Waals surface area contributed by atoms with Gasteiger partial charge in [0.15, 0.2) is 29.4 Å². The van der Waals surface area contributed by atoms with Gasteiger partial charge in [0.05, 0.1) is 73.1 Å². The third kappa shape index (κ3) is 9.49. The molecule has 0 aromatic carbocycles. The minimum Gasteiger partial charge on any atom is -0.481 e. The van der Waals surface area contributed by atoms with Crippen LogP contribution in [0.1, 0.15) is 128 Å². The fraction of sp³-hybridized carbons (Fsp3) is 0.915. The number of methoxy groups -OCH3 is 1. The van der Waals surface area contributed by atoms with Gasteiger partial charge in [0.2, 0.25) is 0 Å². The summed E-state index contributed by atoms with van der Waals surface area (Å²) in [7, 11) is 1.67. The number of Topliss-reactive ketones (excluding diaryl/α,β-unsaturated/α-hetero) is 1. The van der Waals surface area contributed by atoms with Crippen molar-refractivity contribution < 1.29 is 73.0 Å². The molecule has 6 fully saturated rings. The van der Waals surface area contributed by atoms with E-state index in [9.17, 15) is 35.1 Å². The van der Waals surface area contributed by atoms with Crippen molar-refractivity contribution in [1.29, 1.82) is 0 Å². The molecule has 0 radical (unpaired) electrons. The second kappa shape index (κ2) is 18.9. The molecule has 6 aliphatic rings. The molecule has 0 amide bonds. The number of carbonyl (C=O) groups excluding carboxylic acids is 1. The molecule has 15 heteroatoms. The number of hydrogen-bond acceptors (Lipinski definition) is 14. The van der Waals surface area contributed by atoms with Crippen molar-refractivity contribution in [1.82, 2.24) is 0 Å². The first-order valence-corrected chi connectivity index (χ1v) is 23.3. The first-order chi connectivity index (χ1) is 28.9. The highest BCUT2D eigenvalue weighted by Crippen LogP contribution is 2.56. The lowest BCUT2D eigenvalue weighted by molar-refractivity contribution is -0.390. The van der Waals surface area contributed by atoms with Crippen molar-refractivity contribution in [3.63, 3.8) is 0 Å². The largest absolute Gasteiger partial charge is 0.481 e. The molecule has 62 heavy (non-hydrogen) atoms. The van der Waals surface area contributed by atoms with Crippen LogP contribution in [0.4, 0.5) is 0 Å². The highest BCUT2D eigenvalue weighted by Gasteiger charge is 2.65. The summed E-state index contributed by atoms with van der Waals surface area (Å²) in [5, 5.41) is 54.9. The number of aliphatic carboxylic acids is 1. The lowest BCUT2D eigenvalue weighted by Gasteiger charge is -2.53. The van der Waals surface area contributed by atoms with E-state index in [0.717, 1.165) is 6.42 Å². The van der Waals surface area contributed by atoms with E-state index in [2.05, 4.69) is 0 Å². The van der Waals surface area contributed by atoms with Gasteiger partial charge in [-0.15, -0.1) is 0 Å². The second-order valence-electron chi connectivity index (χ2n) is 20.7. The van der Waals surface area contributed by atoms with Crippen LogP contribution in [0, 0.1) is 47.3 Å².